The summed E-state index contributed by atoms with van der Waals surface area (Å²) in [7, 11) is 0. The largest absolute Gasteiger partial charge is 0.455 e. The lowest BCUT2D eigenvalue weighted by molar-refractivity contribution is 0.660. The Morgan fingerprint density at radius 1 is 0.372 bits per heavy atom. The van der Waals surface area contributed by atoms with Crippen molar-refractivity contribution in [3.05, 3.63) is 245 Å². The average Bonchev–Trinajstić information content (AvgIpc) is 4.37. The highest BCUT2D eigenvalue weighted by atomic mass is 16.3. The Kier molecular flexibility index (Phi) is 8.83. The van der Waals surface area contributed by atoms with Gasteiger partial charge < -0.3 is 8.83 Å². The summed E-state index contributed by atoms with van der Waals surface area (Å²) >= 11 is 0. The molecular weight excluding hydrogens is 945 g/mol. The van der Waals surface area contributed by atoms with Crippen LogP contribution >= 0.6 is 0 Å². The molecule has 2 nitrogen and oxygen atoms in total. The smallest absolute Gasteiger partial charge is 0.143 e. The summed E-state index contributed by atoms with van der Waals surface area (Å²) in [5.74, 6) is 0.227. The second kappa shape index (κ2) is 15.6. The van der Waals surface area contributed by atoms with Gasteiger partial charge in [0.05, 0.1) is 0 Å². The highest BCUT2D eigenvalue weighted by molar-refractivity contribution is 6.21. The molecule has 0 aliphatic heterocycles. The molecule has 2 aromatic heterocycles. The SMILES string of the molecule is CC1c2cc3c(cc2-c2cc4c(cc21)-c1c(cc(-c2cccc5oc6c(-c7ccccc7)cccc6c25)c2ccccc12)C4(C)C)C(C)(C)c1cc(-c2cccc4oc5c(C6=CCCC=C6)cccc5c24)c2ccccc2c1-3. The number of hydrogen-bond donors (Lipinski definition) is 0. The van der Waals surface area contributed by atoms with E-state index in [1.807, 2.05) is 0 Å². The highest BCUT2D eigenvalue weighted by Gasteiger charge is 2.43. The van der Waals surface area contributed by atoms with Gasteiger partial charge in [-0.2, -0.15) is 0 Å². The van der Waals surface area contributed by atoms with Gasteiger partial charge in [0, 0.05) is 49.4 Å². The Balaban J connectivity index is 0.807. The van der Waals surface area contributed by atoms with Crippen molar-refractivity contribution in [1.82, 2.24) is 0 Å². The van der Waals surface area contributed by atoms with Crippen molar-refractivity contribution in [2.45, 2.75) is 64.2 Å². The van der Waals surface area contributed by atoms with E-state index in [1.165, 1.54) is 132 Å². The summed E-state index contributed by atoms with van der Waals surface area (Å²) in [4.78, 5) is 0. The first-order valence-corrected chi connectivity index (χ1v) is 28.0. The summed E-state index contributed by atoms with van der Waals surface area (Å²) in [6, 6.07) is 70.7. The molecule has 0 amide bonds. The predicted molar refractivity (Wildman–Crippen MR) is 327 cm³/mol. The van der Waals surface area contributed by atoms with Crippen LogP contribution in [0.4, 0.5) is 0 Å². The summed E-state index contributed by atoms with van der Waals surface area (Å²) in [5, 5.41) is 9.80. The minimum atomic E-state index is -0.256. The fraction of sp³-hybridized carbons (Fsp3) is 0.132. The summed E-state index contributed by atoms with van der Waals surface area (Å²) in [6.07, 6.45) is 9.02. The molecule has 13 aromatic rings. The minimum absolute atomic E-state index is 0.227. The lowest BCUT2D eigenvalue weighted by Gasteiger charge is -2.24. The van der Waals surface area contributed by atoms with E-state index < -0.39 is 0 Å². The zero-order valence-corrected chi connectivity index (χ0v) is 44.4. The van der Waals surface area contributed by atoms with E-state index in [0.29, 0.717) is 0 Å². The average molecular weight is 999 g/mol. The van der Waals surface area contributed by atoms with E-state index in [-0.39, 0.29) is 16.7 Å². The van der Waals surface area contributed by atoms with Crippen molar-refractivity contribution in [3.8, 4) is 66.8 Å². The summed E-state index contributed by atoms with van der Waals surface area (Å²) in [6.45, 7) is 12.2. The molecule has 0 saturated carbocycles. The number of para-hydroxylation sites is 2. The highest BCUT2D eigenvalue weighted by Crippen LogP contribution is 2.61. The standard InChI is InChI=1S/C76H54O2/c1-42-55-36-61-63(75(2,3)65-40-57(47-24-12-14-26-49(47)69(61)65)51-30-18-34-67-71(51)53-32-16-28-45(73(53)77-67)43-20-8-6-9-21-43)38-59(55)60-39-64-62(37-56(42)60)70-50-27-15-13-25-48(50)58(41-66(70)76(64,4)5)52-31-19-35-68-72(52)54-33-17-29-46(74(54)78-68)44-22-10-7-11-23-44/h6,8-10,12-42H,7,11H2,1-5H3. The quantitative estimate of drug-likeness (QED) is 0.176. The van der Waals surface area contributed by atoms with Crippen LogP contribution in [0.1, 0.15) is 92.3 Å². The Hall–Kier alpha value is -8.98. The van der Waals surface area contributed by atoms with Crippen LogP contribution in [-0.2, 0) is 10.8 Å². The predicted octanol–water partition coefficient (Wildman–Crippen LogP) is 21.3. The van der Waals surface area contributed by atoms with Gasteiger partial charge in [0.2, 0.25) is 0 Å². The van der Waals surface area contributed by atoms with E-state index in [1.54, 1.807) is 0 Å². The lowest BCUT2D eigenvalue weighted by Crippen LogP contribution is -2.16. The number of furan rings is 2. The Bertz CT molecular complexity index is 4910. The number of hydrogen-bond acceptors (Lipinski definition) is 2. The van der Waals surface area contributed by atoms with Crippen LogP contribution in [-0.4, -0.2) is 0 Å². The molecule has 78 heavy (non-hydrogen) atoms. The molecule has 2 heterocycles. The molecule has 17 rings (SSSR count). The van der Waals surface area contributed by atoms with Crippen LogP contribution in [0, 0.1) is 0 Å². The maximum absolute atomic E-state index is 6.84. The van der Waals surface area contributed by atoms with Crippen molar-refractivity contribution in [2.75, 3.05) is 0 Å². The number of fused-ring (bicyclic) bond motifs is 19. The topological polar surface area (TPSA) is 26.3 Å². The molecule has 0 N–H and O–H groups in total. The van der Waals surface area contributed by atoms with Gasteiger partial charge in [-0.05, 0) is 183 Å². The molecule has 4 aliphatic rings. The molecule has 0 saturated heterocycles. The van der Waals surface area contributed by atoms with Crippen molar-refractivity contribution in [2.24, 2.45) is 0 Å². The van der Waals surface area contributed by atoms with Crippen LogP contribution < -0.4 is 0 Å². The molecule has 11 aromatic carbocycles. The normalized spacial score (nSPS) is 16.3. The first kappa shape index (κ1) is 44.2. The maximum atomic E-state index is 6.84. The fourth-order valence-electron chi connectivity index (χ4n) is 15.1. The molecule has 0 bridgehead atoms. The second-order valence-electron chi connectivity index (χ2n) is 23.7. The number of rotatable bonds is 4. The molecule has 0 fully saturated rings. The molecule has 0 radical (unpaired) electrons. The van der Waals surface area contributed by atoms with E-state index in [0.717, 1.165) is 57.3 Å². The Labute approximate surface area is 453 Å². The minimum Gasteiger partial charge on any atom is -0.455 e. The van der Waals surface area contributed by atoms with Crippen LogP contribution in [0.2, 0.25) is 0 Å². The third-order valence-corrected chi connectivity index (χ3v) is 18.9. The van der Waals surface area contributed by atoms with Crippen LogP contribution in [0.25, 0.3) is 138 Å². The Morgan fingerprint density at radius 3 is 1.35 bits per heavy atom. The zero-order valence-electron chi connectivity index (χ0n) is 44.4. The molecule has 2 heteroatoms. The van der Waals surface area contributed by atoms with Crippen LogP contribution in [0.3, 0.4) is 0 Å². The molecular formula is C76H54O2. The summed E-state index contributed by atoms with van der Waals surface area (Å²) in [5.41, 5.74) is 29.5. The van der Waals surface area contributed by atoms with Crippen molar-refractivity contribution < 1.29 is 8.83 Å². The molecule has 370 valence electrons. The van der Waals surface area contributed by atoms with Crippen molar-refractivity contribution >= 4 is 71.0 Å². The summed E-state index contributed by atoms with van der Waals surface area (Å²) < 4.78 is 13.7. The van der Waals surface area contributed by atoms with E-state index >= 15 is 0 Å². The van der Waals surface area contributed by atoms with Gasteiger partial charge in [-0.1, -0.05) is 192 Å². The second-order valence-corrected chi connectivity index (χ2v) is 23.7. The number of benzene rings is 11. The monoisotopic (exact) mass is 998 g/mol. The van der Waals surface area contributed by atoms with E-state index in [2.05, 4.69) is 241 Å². The third-order valence-electron chi connectivity index (χ3n) is 18.9. The Morgan fingerprint density at radius 2 is 0.821 bits per heavy atom. The van der Waals surface area contributed by atoms with Crippen molar-refractivity contribution in [1.29, 1.82) is 0 Å². The molecule has 1 unspecified atom stereocenters. The first-order valence-electron chi connectivity index (χ1n) is 28.0. The first-order chi connectivity index (χ1) is 38.1. The van der Waals surface area contributed by atoms with Gasteiger partial charge in [0.25, 0.3) is 0 Å². The van der Waals surface area contributed by atoms with Gasteiger partial charge >= 0.3 is 0 Å². The van der Waals surface area contributed by atoms with E-state index in [4.69, 9.17) is 8.83 Å². The van der Waals surface area contributed by atoms with Crippen LogP contribution in [0.15, 0.2) is 215 Å². The third kappa shape index (κ3) is 5.77. The molecule has 0 spiro atoms. The fourth-order valence-corrected chi connectivity index (χ4v) is 15.1. The van der Waals surface area contributed by atoms with Gasteiger partial charge in [0.1, 0.15) is 22.3 Å². The van der Waals surface area contributed by atoms with Gasteiger partial charge in [-0.15, -0.1) is 0 Å². The maximum Gasteiger partial charge on any atom is 0.143 e. The lowest BCUT2D eigenvalue weighted by atomic mass is 9.79. The zero-order chi connectivity index (χ0) is 51.9. The van der Waals surface area contributed by atoms with Crippen molar-refractivity contribution in [3.63, 3.8) is 0 Å². The molecule has 4 aliphatic carbocycles. The van der Waals surface area contributed by atoms with E-state index in [9.17, 15) is 0 Å². The molecule has 1 atom stereocenters. The van der Waals surface area contributed by atoms with Gasteiger partial charge in [-0.3, -0.25) is 0 Å². The van der Waals surface area contributed by atoms with Gasteiger partial charge in [0.15, 0.2) is 0 Å². The van der Waals surface area contributed by atoms with Gasteiger partial charge in [-0.25, -0.2) is 0 Å². The number of allylic oxidation sites excluding steroid dienone is 4. The van der Waals surface area contributed by atoms with Crippen LogP contribution in [0.5, 0.6) is 0 Å².